The lowest BCUT2D eigenvalue weighted by atomic mass is 10.2. The first kappa shape index (κ1) is 19.6. The molecule has 1 aromatic carbocycles. The van der Waals surface area contributed by atoms with Gasteiger partial charge in [-0.3, -0.25) is 9.55 Å². The van der Waals surface area contributed by atoms with E-state index in [1.807, 2.05) is 35.9 Å². The first-order chi connectivity index (χ1) is 15.0. The van der Waals surface area contributed by atoms with Gasteiger partial charge in [-0.2, -0.15) is 4.31 Å². The van der Waals surface area contributed by atoms with Crippen LogP contribution in [0, 0.1) is 6.92 Å². The molecule has 158 valence electrons. The minimum Gasteiger partial charge on any atom is -0.354 e. The summed E-state index contributed by atoms with van der Waals surface area (Å²) in [6, 6.07) is 10.8. The summed E-state index contributed by atoms with van der Waals surface area (Å²) in [6.07, 6.45) is 6.83. The summed E-state index contributed by atoms with van der Waals surface area (Å²) in [5.41, 5.74) is 0.504. The number of rotatable bonds is 4. The number of aromatic nitrogens is 5. The number of fused-ring (bicyclic) bond motifs is 1. The summed E-state index contributed by atoms with van der Waals surface area (Å²) in [7, 11) is -3.65. The predicted molar refractivity (Wildman–Crippen MR) is 117 cm³/mol. The smallest absolute Gasteiger partial charge is 0.245 e. The number of anilines is 1. The molecular formula is C21H21N7O2S. The van der Waals surface area contributed by atoms with Gasteiger partial charge in [0.15, 0.2) is 0 Å². The third-order valence-corrected chi connectivity index (χ3v) is 7.29. The molecule has 1 fully saturated rings. The van der Waals surface area contributed by atoms with Crippen LogP contribution in [-0.4, -0.2) is 63.4 Å². The Hall–Kier alpha value is -3.37. The van der Waals surface area contributed by atoms with Crippen LogP contribution in [0.25, 0.3) is 16.7 Å². The highest BCUT2D eigenvalue weighted by molar-refractivity contribution is 7.89. The van der Waals surface area contributed by atoms with Crippen molar-refractivity contribution in [2.75, 3.05) is 31.1 Å². The molecule has 31 heavy (non-hydrogen) atoms. The number of pyridine rings is 1. The second-order valence-corrected chi connectivity index (χ2v) is 9.23. The van der Waals surface area contributed by atoms with Gasteiger partial charge in [0.1, 0.15) is 28.7 Å². The molecule has 0 radical (unpaired) electrons. The zero-order valence-corrected chi connectivity index (χ0v) is 17.8. The monoisotopic (exact) mass is 435 g/mol. The Kier molecular flexibility index (Phi) is 4.87. The quantitative estimate of drug-likeness (QED) is 0.484. The molecule has 3 aromatic heterocycles. The Morgan fingerprint density at radius 3 is 2.48 bits per heavy atom. The SMILES string of the molecule is Cc1nc(N2CCN(S(=O)(=O)c3cccc4cccnc34)CC2)cc(-n2ccnc2)n1. The number of imidazole rings is 1. The van der Waals surface area contributed by atoms with Crippen LogP contribution in [0.2, 0.25) is 0 Å². The highest BCUT2D eigenvalue weighted by Gasteiger charge is 2.30. The highest BCUT2D eigenvalue weighted by Crippen LogP contribution is 2.26. The second-order valence-electron chi connectivity index (χ2n) is 7.32. The molecule has 1 aliphatic rings. The molecule has 0 bridgehead atoms. The van der Waals surface area contributed by atoms with Crippen molar-refractivity contribution in [3.63, 3.8) is 0 Å². The van der Waals surface area contributed by atoms with Crippen molar-refractivity contribution >= 4 is 26.7 Å². The Labute approximate surface area is 180 Å². The third kappa shape index (κ3) is 3.64. The fourth-order valence-electron chi connectivity index (χ4n) is 3.81. The average Bonchev–Trinajstić information content (AvgIpc) is 3.33. The lowest BCUT2D eigenvalue weighted by molar-refractivity contribution is 0.384. The van der Waals surface area contributed by atoms with Crippen molar-refractivity contribution in [2.45, 2.75) is 11.8 Å². The maximum atomic E-state index is 13.3. The van der Waals surface area contributed by atoms with Gasteiger partial charge in [0.2, 0.25) is 10.0 Å². The molecule has 0 aliphatic carbocycles. The van der Waals surface area contributed by atoms with Gasteiger partial charge in [-0.05, 0) is 19.1 Å². The van der Waals surface area contributed by atoms with Crippen LogP contribution in [0.3, 0.4) is 0 Å². The number of sulfonamides is 1. The predicted octanol–water partition coefficient (Wildman–Crippen LogP) is 2.03. The highest BCUT2D eigenvalue weighted by atomic mass is 32.2. The zero-order chi connectivity index (χ0) is 21.4. The molecule has 1 aliphatic heterocycles. The van der Waals surface area contributed by atoms with E-state index in [0.717, 1.165) is 17.0 Å². The fraction of sp³-hybridized carbons (Fsp3) is 0.238. The summed E-state index contributed by atoms with van der Waals surface area (Å²) >= 11 is 0. The zero-order valence-electron chi connectivity index (χ0n) is 17.0. The molecule has 0 spiro atoms. The van der Waals surface area contributed by atoms with Crippen LogP contribution in [0.1, 0.15) is 5.82 Å². The van der Waals surface area contributed by atoms with E-state index in [2.05, 4.69) is 24.8 Å². The number of piperazine rings is 1. The van der Waals surface area contributed by atoms with E-state index < -0.39 is 10.0 Å². The van der Waals surface area contributed by atoms with Crippen molar-refractivity contribution in [3.05, 3.63) is 67.1 Å². The Morgan fingerprint density at radius 2 is 1.71 bits per heavy atom. The van der Waals surface area contributed by atoms with Crippen molar-refractivity contribution < 1.29 is 8.42 Å². The van der Waals surface area contributed by atoms with Gasteiger partial charge >= 0.3 is 0 Å². The van der Waals surface area contributed by atoms with Crippen LogP contribution < -0.4 is 4.90 Å². The molecule has 0 saturated carbocycles. The van der Waals surface area contributed by atoms with Crippen LogP contribution in [0.4, 0.5) is 5.82 Å². The molecule has 0 unspecified atom stereocenters. The van der Waals surface area contributed by atoms with Gasteiger partial charge in [-0.15, -0.1) is 0 Å². The van der Waals surface area contributed by atoms with Gasteiger partial charge in [0.05, 0.1) is 5.52 Å². The summed E-state index contributed by atoms with van der Waals surface area (Å²) in [6.45, 7) is 3.66. The number of benzene rings is 1. The Morgan fingerprint density at radius 1 is 0.935 bits per heavy atom. The van der Waals surface area contributed by atoms with E-state index in [1.54, 1.807) is 36.9 Å². The van der Waals surface area contributed by atoms with Gasteiger partial charge < -0.3 is 4.90 Å². The standard InChI is InChI=1S/C21H21N7O2S/c1-16-24-19(14-20(25-16)27-9-8-22-15-27)26-10-12-28(13-11-26)31(29,30)18-6-2-4-17-5-3-7-23-21(17)18/h2-9,14-15H,10-13H2,1H3. The van der Waals surface area contributed by atoms with Gasteiger partial charge in [-0.1, -0.05) is 18.2 Å². The fourth-order valence-corrected chi connectivity index (χ4v) is 5.39. The molecule has 0 N–H and O–H groups in total. The van der Waals surface area contributed by atoms with Crippen molar-refractivity contribution in [2.24, 2.45) is 0 Å². The number of hydrogen-bond acceptors (Lipinski definition) is 7. The van der Waals surface area contributed by atoms with Crippen molar-refractivity contribution in [3.8, 4) is 5.82 Å². The maximum absolute atomic E-state index is 13.3. The number of aryl methyl sites for hydroxylation is 1. The lowest BCUT2D eigenvalue weighted by Crippen LogP contribution is -2.49. The van der Waals surface area contributed by atoms with Crippen LogP contribution in [0.5, 0.6) is 0 Å². The first-order valence-electron chi connectivity index (χ1n) is 9.95. The van der Waals surface area contributed by atoms with Crippen LogP contribution in [0.15, 0.2) is 66.2 Å². The van der Waals surface area contributed by atoms with Crippen LogP contribution in [-0.2, 0) is 10.0 Å². The van der Waals surface area contributed by atoms with Crippen molar-refractivity contribution in [1.29, 1.82) is 0 Å². The van der Waals surface area contributed by atoms with E-state index in [1.165, 1.54) is 4.31 Å². The maximum Gasteiger partial charge on any atom is 0.245 e. The Balaban J connectivity index is 1.38. The largest absolute Gasteiger partial charge is 0.354 e. The summed E-state index contributed by atoms with van der Waals surface area (Å²) in [5.74, 6) is 2.16. The van der Waals surface area contributed by atoms with Crippen LogP contribution >= 0.6 is 0 Å². The molecular weight excluding hydrogens is 414 g/mol. The van der Waals surface area contributed by atoms with Gasteiger partial charge in [0, 0.05) is 56.2 Å². The molecule has 4 heterocycles. The second kappa shape index (κ2) is 7.71. The topological polar surface area (TPSA) is 97.1 Å². The normalized spacial score (nSPS) is 15.5. The number of nitrogens with zero attached hydrogens (tertiary/aromatic N) is 7. The molecule has 10 heteroatoms. The molecule has 0 amide bonds. The minimum atomic E-state index is -3.65. The van der Waals surface area contributed by atoms with E-state index >= 15 is 0 Å². The lowest BCUT2D eigenvalue weighted by Gasteiger charge is -2.34. The van der Waals surface area contributed by atoms with E-state index in [9.17, 15) is 8.42 Å². The summed E-state index contributed by atoms with van der Waals surface area (Å²) in [4.78, 5) is 19.7. The summed E-state index contributed by atoms with van der Waals surface area (Å²) in [5, 5.41) is 0.811. The number of para-hydroxylation sites is 1. The minimum absolute atomic E-state index is 0.249. The molecule has 5 rings (SSSR count). The average molecular weight is 436 g/mol. The van der Waals surface area contributed by atoms with Gasteiger partial charge in [0.25, 0.3) is 0 Å². The summed E-state index contributed by atoms with van der Waals surface area (Å²) < 4.78 is 30.0. The van der Waals surface area contributed by atoms with E-state index in [-0.39, 0.29) is 4.90 Å². The molecule has 4 aromatic rings. The molecule has 9 nitrogen and oxygen atoms in total. The molecule has 0 atom stereocenters. The van der Waals surface area contributed by atoms with Gasteiger partial charge in [-0.25, -0.2) is 23.4 Å². The van der Waals surface area contributed by atoms with Crippen molar-refractivity contribution in [1.82, 2.24) is 28.8 Å². The Bertz CT molecular complexity index is 1330. The third-order valence-electron chi connectivity index (χ3n) is 5.36. The van der Waals surface area contributed by atoms with E-state index in [4.69, 9.17) is 0 Å². The number of hydrogen-bond donors (Lipinski definition) is 0. The first-order valence-corrected chi connectivity index (χ1v) is 11.4. The molecule has 1 saturated heterocycles. The van der Waals surface area contributed by atoms with E-state index in [0.29, 0.717) is 37.5 Å².